The van der Waals surface area contributed by atoms with Gasteiger partial charge in [-0.3, -0.25) is 0 Å². The van der Waals surface area contributed by atoms with Crippen LogP contribution in [-0.4, -0.2) is 27.4 Å². The highest BCUT2D eigenvalue weighted by atomic mass is 35.5. The van der Waals surface area contributed by atoms with Crippen LogP contribution >= 0.6 is 12.4 Å². The summed E-state index contributed by atoms with van der Waals surface area (Å²) < 4.78 is 0. The van der Waals surface area contributed by atoms with Crippen molar-refractivity contribution in [1.82, 2.24) is 5.32 Å². The first-order chi connectivity index (χ1) is 11.1. The van der Waals surface area contributed by atoms with Crippen molar-refractivity contribution in [3.63, 3.8) is 0 Å². The molecule has 130 valence electrons. The molecule has 24 heavy (non-hydrogen) atoms. The zero-order valence-electron chi connectivity index (χ0n) is 13.4. The summed E-state index contributed by atoms with van der Waals surface area (Å²) in [6, 6.07) is 14.6. The van der Waals surface area contributed by atoms with Crippen molar-refractivity contribution in [2.24, 2.45) is 0 Å². The lowest BCUT2D eigenvalue weighted by Gasteiger charge is -2.20. The molecule has 0 radical (unpaired) electrons. The molecule has 0 amide bonds. The third-order valence-electron chi connectivity index (χ3n) is 4.61. The summed E-state index contributed by atoms with van der Waals surface area (Å²) in [5.74, 6) is 0.511. The standard InChI is InChI=1S/C19H23NO3.ClH/c21-16-8-2-13(3-9-16)1-6-15-7-12-18(20-15)19(23)14-4-10-17(22)11-5-14;/h2-5,8-11,15,18-23H,1,6-7,12H2;1H/t15-,18-,19?;/m0./s1. The molecule has 2 aromatic carbocycles. The smallest absolute Gasteiger partial charge is 0.115 e. The van der Waals surface area contributed by atoms with Crippen LogP contribution in [0.3, 0.4) is 0 Å². The Balaban J connectivity index is 0.00000208. The normalized spacial score (nSPS) is 21.2. The number of aryl methyl sites for hydroxylation is 1. The number of phenols is 2. The van der Waals surface area contributed by atoms with Crippen molar-refractivity contribution in [1.29, 1.82) is 0 Å². The van der Waals surface area contributed by atoms with Gasteiger partial charge in [0.2, 0.25) is 0 Å². The Morgan fingerprint density at radius 1 is 0.917 bits per heavy atom. The van der Waals surface area contributed by atoms with E-state index in [4.69, 9.17) is 0 Å². The van der Waals surface area contributed by atoms with Crippen LogP contribution < -0.4 is 5.32 Å². The van der Waals surface area contributed by atoms with Gasteiger partial charge in [-0.15, -0.1) is 12.4 Å². The Kier molecular flexibility index (Phi) is 6.49. The van der Waals surface area contributed by atoms with Crippen LogP contribution in [0.25, 0.3) is 0 Å². The molecule has 3 rings (SSSR count). The minimum absolute atomic E-state index is 0. The molecule has 1 heterocycles. The van der Waals surface area contributed by atoms with E-state index in [1.807, 2.05) is 12.1 Å². The summed E-state index contributed by atoms with van der Waals surface area (Å²) in [5, 5.41) is 32.6. The van der Waals surface area contributed by atoms with Gasteiger partial charge in [0, 0.05) is 12.1 Å². The molecular formula is C19H24ClNO3. The average Bonchev–Trinajstić information content (AvgIpc) is 3.03. The molecule has 4 nitrogen and oxygen atoms in total. The van der Waals surface area contributed by atoms with Gasteiger partial charge in [-0.2, -0.15) is 0 Å². The van der Waals surface area contributed by atoms with Crippen molar-refractivity contribution in [2.75, 3.05) is 0 Å². The fourth-order valence-corrected chi connectivity index (χ4v) is 3.23. The minimum Gasteiger partial charge on any atom is -0.508 e. The molecular weight excluding hydrogens is 326 g/mol. The highest BCUT2D eigenvalue weighted by molar-refractivity contribution is 5.85. The maximum absolute atomic E-state index is 10.5. The highest BCUT2D eigenvalue weighted by Gasteiger charge is 2.29. The largest absolute Gasteiger partial charge is 0.508 e. The topological polar surface area (TPSA) is 72.7 Å². The molecule has 2 aromatic rings. The Hall–Kier alpha value is -1.75. The SMILES string of the molecule is Cl.Oc1ccc(CC[C@H]2CC[C@@H](C(O)c3ccc(O)cc3)N2)cc1. The number of benzene rings is 2. The zero-order valence-corrected chi connectivity index (χ0v) is 14.2. The quantitative estimate of drug-likeness (QED) is 0.668. The lowest BCUT2D eigenvalue weighted by atomic mass is 10.0. The van der Waals surface area contributed by atoms with E-state index in [0.29, 0.717) is 11.8 Å². The number of halogens is 1. The lowest BCUT2D eigenvalue weighted by molar-refractivity contribution is 0.135. The Bertz CT molecular complexity index is 630. The van der Waals surface area contributed by atoms with Crippen molar-refractivity contribution in [3.05, 3.63) is 59.7 Å². The minimum atomic E-state index is -0.547. The summed E-state index contributed by atoms with van der Waals surface area (Å²) in [6.45, 7) is 0. The molecule has 0 spiro atoms. The first kappa shape index (κ1) is 18.6. The van der Waals surface area contributed by atoms with Crippen LogP contribution in [0.4, 0.5) is 0 Å². The number of nitrogens with one attached hydrogen (secondary N) is 1. The zero-order chi connectivity index (χ0) is 16.2. The van der Waals surface area contributed by atoms with Gasteiger partial charge in [-0.05, 0) is 61.1 Å². The van der Waals surface area contributed by atoms with E-state index in [1.54, 1.807) is 36.4 Å². The van der Waals surface area contributed by atoms with Crippen LogP contribution in [0.2, 0.25) is 0 Å². The number of aromatic hydroxyl groups is 2. The van der Waals surface area contributed by atoms with Gasteiger partial charge in [-0.1, -0.05) is 24.3 Å². The van der Waals surface area contributed by atoms with Gasteiger partial charge in [0.05, 0.1) is 6.10 Å². The van der Waals surface area contributed by atoms with Crippen LogP contribution in [0.5, 0.6) is 11.5 Å². The molecule has 4 N–H and O–H groups in total. The Morgan fingerprint density at radius 2 is 1.50 bits per heavy atom. The third kappa shape index (κ3) is 4.63. The van der Waals surface area contributed by atoms with Gasteiger partial charge in [0.1, 0.15) is 11.5 Å². The number of rotatable bonds is 5. The van der Waals surface area contributed by atoms with Crippen LogP contribution in [0.1, 0.15) is 36.5 Å². The van der Waals surface area contributed by atoms with Crippen LogP contribution in [0.15, 0.2) is 48.5 Å². The number of aliphatic hydroxyl groups is 1. The van der Waals surface area contributed by atoms with E-state index >= 15 is 0 Å². The summed E-state index contributed by atoms with van der Waals surface area (Å²) in [6.07, 6.45) is 3.43. The predicted octanol–water partition coefficient (Wildman–Crippen LogP) is 3.31. The van der Waals surface area contributed by atoms with E-state index in [0.717, 1.165) is 31.2 Å². The van der Waals surface area contributed by atoms with Gasteiger partial charge in [0.25, 0.3) is 0 Å². The molecule has 1 aliphatic heterocycles. The highest BCUT2D eigenvalue weighted by Crippen LogP contribution is 2.28. The lowest BCUT2D eigenvalue weighted by Crippen LogP contribution is -2.34. The average molecular weight is 350 g/mol. The molecule has 1 unspecified atom stereocenters. The van der Waals surface area contributed by atoms with E-state index < -0.39 is 6.10 Å². The second kappa shape index (κ2) is 8.38. The van der Waals surface area contributed by atoms with Crippen molar-refractivity contribution in [2.45, 2.75) is 43.9 Å². The Morgan fingerprint density at radius 3 is 2.12 bits per heavy atom. The maximum atomic E-state index is 10.5. The molecule has 0 saturated carbocycles. The van der Waals surface area contributed by atoms with Gasteiger partial charge in [0.15, 0.2) is 0 Å². The van der Waals surface area contributed by atoms with Crippen molar-refractivity contribution < 1.29 is 15.3 Å². The van der Waals surface area contributed by atoms with Crippen LogP contribution in [-0.2, 0) is 6.42 Å². The Labute approximate surface area is 148 Å². The molecule has 0 aliphatic carbocycles. The first-order valence-corrected chi connectivity index (χ1v) is 8.13. The molecule has 0 bridgehead atoms. The van der Waals surface area contributed by atoms with E-state index in [-0.39, 0.29) is 24.2 Å². The van der Waals surface area contributed by atoms with E-state index in [2.05, 4.69) is 5.32 Å². The van der Waals surface area contributed by atoms with Crippen LogP contribution in [0, 0.1) is 0 Å². The monoisotopic (exact) mass is 349 g/mol. The molecule has 3 atom stereocenters. The summed E-state index contributed by atoms with van der Waals surface area (Å²) in [4.78, 5) is 0. The number of hydrogen-bond acceptors (Lipinski definition) is 4. The summed E-state index contributed by atoms with van der Waals surface area (Å²) in [5.41, 5.74) is 2.05. The summed E-state index contributed by atoms with van der Waals surface area (Å²) >= 11 is 0. The fraction of sp³-hybridized carbons (Fsp3) is 0.368. The number of aliphatic hydroxyl groups excluding tert-OH is 1. The summed E-state index contributed by atoms with van der Waals surface area (Å²) in [7, 11) is 0. The molecule has 5 heteroatoms. The number of phenolic OH excluding ortho intramolecular Hbond substituents is 2. The first-order valence-electron chi connectivity index (χ1n) is 8.13. The molecule has 0 aromatic heterocycles. The third-order valence-corrected chi connectivity index (χ3v) is 4.61. The second-order valence-electron chi connectivity index (χ2n) is 6.29. The maximum Gasteiger partial charge on any atom is 0.115 e. The molecule has 1 aliphatic rings. The second-order valence-corrected chi connectivity index (χ2v) is 6.29. The van der Waals surface area contributed by atoms with Gasteiger partial charge in [-0.25, -0.2) is 0 Å². The van der Waals surface area contributed by atoms with E-state index in [9.17, 15) is 15.3 Å². The fourth-order valence-electron chi connectivity index (χ4n) is 3.23. The predicted molar refractivity (Wildman–Crippen MR) is 96.7 cm³/mol. The molecule has 1 saturated heterocycles. The molecule has 1 fully saturated rings. The van der Waals surface area contributed by atoms with Gasteiger partial charge >= 0.3 is 0 Å². The van der Waals surface area contributed by atoms with Crippen molar-refractivity contribution in [3.8, 4) is 11.5 Å². The van der Waals surface area contributed by atoms with Crippen molar-refractivity contribution >= 4 is 12.4 Å². The van der Waals surface area contributed by atoms with Gasteiger partial charge < -0.3 is 20.6 Å². The number of hydrogen-bond donors (Lipinski definition) is 4. The van der Waals surface area contributed by atoms with E-state index in [1.165, 1.54) is 5.56 Å².